The van der Waals surface area contributed by atoms with E-state index in [-0.39, 0.29) is 23.0 Å². The molecule has 0 bridgehead atoms. The van der Waals surface area contributed by atoms with Gasteiger partial charge < -0.3 is 9.80 Å². The summed E-state index contributed by atoms with van der Waals surface area (Å²) < 4.78 is 22.4. The highest BCUT2D eigenvalue weighted by molar-refractivity contribution is 7.89. The Morgan fingerprint density at radius 2 is 2.09 bits per heavy atom. The molecule has 9 heteroatoms. The van der Waals surface area contributed by atoms with Gasteiger partial charge in [-0.2, -0.15) is 0 Å². The van der Waals surface area contributed by atoms with Gasteiger partial charge in [-0.25, -0.2) is 18.5 Å². The van der Waals surface area contributed by atoms with Gasteiger partial charge in [0.15, 0.2) is 0 Å². The van der Waals surface area contributed by atoms with E-state index < -0.39 is 15.9 Å². The third-order valence-corrected chi connectivity index (χ3v) is 4.50. The Morgan fingerprint density at radius 1 is 1.35 bits per heavy atom. The predicted octanol–water partition coefficient (Wildman–Crippen LogP) is -0.186. The van der Waals surface area contributed by atoms with Crippen molar-refractivity contribution in [1.82, 2.24) is 14.8 Å². The van der Waals surface area contributed by atoms with Crippen molar-refractivity contribution < 1.29 is 18.0 Å². The Morgan fingerprint density at radius 3 is 2.65 bits per heavy atom. The summed E-state index contributed by atoms with van der Waals surface area (Å²) in [6, 6.07) is 2.54. The number of nitrogens with two attached hydrogens (primary N) is 1. The average Bonchev–Trinajstić information content (AvgIpc) is 2.68. The van der Waals surface area contributed by atoms with E-state index in [1.165, 1.54) is 17.0 Å². The lowest BCUT2D eigenvalue weighted by Crippen LogP contribution is -2.39. The lowest BCUT2D eigenvalue weighted by Gasteiger charge is -2.21. The zero-order valence-electron chi connectivity index (χ0n) is 12.9. The van der Waals surface area contributed by atoms with E-state index in [0.717, 1.165) is 12.6 Å². The maximum atomic E-state index is 12.4. The molecule has 1 aromatic rings. The molecule has 0 spiro atoms. The van der Waals surface area contributed by atoms with Gasteiger partial charge in [-0.3, -0.25) is 9.59 Å². The van der Waals surface area contributed by atoms with E-state index in [0.29, 0.717) is 26.1 Å². The maximum absolute atomic E-state index is 12.4. The third kappa shape index (κ3) is 4.26. The normalized spacial score (nSPS) is 16.3. The standard InChI is InChI=1S/C14H20N4O4S/c1-2-6-17-7-3-8-18(10-13(17)19)14(20)12-5-4-11(9-16-12)23(15,21)22/h4-5,9H,2-3,6-8,10H2,1H3,(H2,15,21,22). The fraction of sp³-hybridized carbons (Fsp3) is 0.500. The molecule has 1 aliphatic rings. The fourth-order valence-electron chi connectivity index (χ4n) is 2.44. The summed E-state index contributed by atoms with van der Waals surface area (Å²) >= 11 is 0. The van der Waals surface area contributed by atoms with Crippen LogP contribution in [0, 0.1) is 0 Å². The first-order valence-corrected chi connectivity index (χ1v) is 8.93. The van der Waals surface area contributed by atoms with Crippen LogP contribution in [0.3, 0.4) is 0 Å². The predicted molar refractivity (Wildman–Crippen MR) is 83.0 cm³/mol. The Kier molecular flexibility index (Phi) is 5.32. The molecule has 2 rings (SSSR count). The molecule has 1 aliphatic heterocycles. The fourth-order valence-corrected chi connectivity index (χ4v) is 2.89. The molecule has 1 aromatic heterocycles. The topological polar surface area (TPSA) is 114 Å². The molecule has 126 valence electrons. The van der Waals surface area contributed by atoms with Crippen LogP contribution < -0.4 is 5.14 Å². The van der Waals surface area contributed by atoms with Gasteiger partial charge in [0, 0.05) is 25.8 Å². The molecular formula is C14H20N4O4S. The first-order chi connectivity index (χ1) is 10.8. The van der Waals surface area contributed by atoms with Crippen LogP contribution in [0.25, 0.3) is 0 Å². The van der Waals surface area contributed by atoms with E-state index in [1.807, 2.05) is 6.92 Å². The van der Waals surface area contributed by atoms with Gasteiger partial charge in [-0.15, -0.1) is 0 Å². The first-order valence-electron chi connectivity index (χ1n) is 7.39. The van der Waals surface area contributed by atoms with Gasteiger partial charge in [0.1, 0.15) is 17.1 Å². The van der Waals surface area contributed by atoms with E-state index >= 15 is 0 Å². The van der Waals surface area contributed by atoms with Crippen molar-refractivity contribution in [3.63, 3.8) is 0 Å². The molecule has 0 saturated carbocycles. The zero-order valence-corrected chi connectivity index (χ0v) is 13.8. The van der Waals surface area contributed by atoms with Gasteiger partial charge in [0.2, 0.25) is 15.9 Å². The summed E-state index contributed by atoms with van der Waals surface area (Å²) in [4.78, 5) is 31.5. The minimum absolute atomic E-state index is 0.0114. The number of rotatable bonds is 4. The summed E-state index contributed by atoms with van der Waals surface area (Å²) in [7, 11) is -3.85. The molecule has 1 saturated heterocycles. The highest BCUT2D eigenvalue weighted by atomic mass is 32.2. The Labute approximate surface area is 135 Å². The van der Waals surface area contributed by atoms with Crippen LogP contribution in [-0.4, -0.2) is 61.2 Å². The SMILES string of the molecule is CCCN1CCCN(C(=O)c2ccc(S(N)(=O)=O)cn2)CC1=O. The largest absolute Gasteiger partial charge is 0.341 e. The Bertz CT molecular complexity index is 687. The molecular weight excluding hydrogens is 320 g/mol. The van der Waals surface area contributed by atoms with Crippen molar-refractivity contribution in [3.8, 4) is 0 Å². The highest BCUT2D eigenvalue weighted by Gasteiger charge is 2.26. The lowest BCUT2D eigenvalue weighted by molar-refractivity contribution is -0.130. The molecule has 1 fully saturated rings. The molecule has 0 unspecified atom stereocenters. The molecule has 2 amide bonds. The van der Waals surface area contributed by atoms with Crippen molar-refractivity contribution >= 4 is 21.8 Å². The minimum atomic E-state index is -3.85. The Balaban J connectivity index is 2.12. The van der Waals surface area contributed by atoms with E-state index in [9.17, 15) is 18.0 Å². The maximum Gasteiger partial charge on any atom is 0.272 e. The van der Waals surface area contributed by atoms with Crippen LogP contribution in [0.5, 0.6) is 0 Å². The number of carbonyl (C=O) groups is 2. The molecule has 2 heterocycles. The minimum Gasteiger partial charge on any atom is -0.341 e. The van der Waals surface area contributed by atoms with Crippen molar-refractivity contribution in [1.29, 1.82) is 0 Å². The molecule has 0 aliphatic carbocycles. The van der Waals surface area contributed by atoms with Gasteiger partial charge in [0.05, 0.1) is 0 Å². The Hall–Kier alpha value is -2.00. The van der Waals surface area contributed by atoms with Crippen LogP contribution in [0.2, 0.25) is 0 Å². The molecule has 0 atom stereocenters. The van der Waals surface area contributed by atoms with Crippen LogP contribution in [0.4, 0.5) is 0 Å². The zero-order chi connectivity index (χ0) is 17.0. The second kappa shape index (κ2) is 7.05. The van der Waals surface area contributed by atoms with Gasteiger partial charge in [-0.05, 0) is 25.0 Å². The number of amides is 2. The molecule has 0 radical (unpaired) electrons. The monoisotopic (exact) mass is 340 g/mol. The number of hydrogen-bond acceptors (Lipinski definition) is 5. The highest BCUT2D eigenvalue weighted by Crippen LogP contribution is 2.11. The number of sulfonamides is 1. The number of primary sulfonamides is 1. The second-order valence-electron chi connectivity index (χ2n) is 5.39. The summed E-state index contributed by atoms with van der Waals surface area (Å²) in [5.74, 6) is -0.475. The molecule has 23 heavy (non-hydrogen) atoms. The first kappa shape index (κ1) is 17.4. The van der Waals surface area contributed by atoms with Crippen LogP contribution in [-0.2, 0) is 14.8 Å². The van der Waals surface area contributed by atoms with Crippen LogP contribution in [0.1, 0.15) is 30.3 Å². The van der Waals surface area contributed by atoms with Crippen molar-refractivity contribution in [2.24, 2.45) is 5.14 Å². The number of hydrogen-bond donors (Lipinski definition) is 1. The number of aromatic nitrogens is 1. The number of carbonyl (C=O) groups excluding carboxylic acids is 2. The summed E-state index contributed by atoms with van der Waals surface area (Å²) in [6.45, 7) is 3.79. The second-order valence-corrected chi connectivity index (χ2v) is 6.95. The smallest absolute Gasteiger partial charge is 0.272 e. The number of pyridine rings is 1. The van der Waals surface area contributed by atoms with E-state index in [4.69, 9.17) is 5.14 Å². The summed E-state index contributed by atoms with van der Waals surface area (Å²) in [6.07, 6.45) is 2.62. The van der Waals surface area contributed by atoms with Gasteiger partial charge >= 0.3 is 0 Å². The van der Waals surface area contributed by atoms with Gasteiger partial charge in [-0.1, -0.05) is 6.92 Å². The van der Waals surface area contributed by atoms with Crippen LogP contribution in [0.15, 0.2) is 23.2 Å². The molecule has 2 N–H and O–H groups in total. The molecule has 0 aromatic carbocycles. The van der Waals surface area contributed by atoms with Crippen molar-refractivity contribution in [2.45, 2.75) is 24.7 Å². The van der Waals surface area contributed by atoms with Gasteiger partial charge in [0.25, 0.3) is 5.91 Å². The summed E-state index contributed by atoms with van der Waals surface area (Å²) in [5.41, 5.74) is 0.0918. The lowest BCUT2D eigenvalue weighted by atomic mass is 10.3. The van der Waals surface area contributed by atoms with E-state index in [2.05, 4.69) is 4.98 Å². The van der Waals surface area contributed by atoms with Crippen molar-refractivity contribution in [3.05, 3.63) is 24.0 Å². The number of nitrogens with zero attached hydrogens (tertiary/aromatic N) is 3. The van der Waals surface area contributed by atoms with E-state index in [1.54, 1.807) is 4.90 Å². The van der Waals surface area contributed by atoms with Crippen molar-refractivity contribution in [2.75, 3.05) is 26.2 Å². The molecule has 8 nitrogen and oxygen atoms in total. The third-order valence-electron chi connectivity index (χ3n) is 3.60. The quantitative estimate of drug-likeness (QED) is 0.816. The average molecular weight is 340 g/mol. The summed E-state index contributed by atoms with van der Waals surface area (Å²) in [5, 5.41) is 5.00. The van der Waals surface area contributed by atoms with Crippen LogP contribution >= 0.6 is 0 Å².